The molecule has 1 aliphatic carbocycles. The zero-order valence-electron chi connectivity index (χ0n) is 26.2. The van der Waals surface area contributed by atoms with Crippen molar-refractivity contribution in [1.29, 1.82) is 0 Å². The lowest BCUT2D eigenvalue weighted by Gasteiger charge is -2.30. The lowest BCUT2D eigenvalue weighted by atomic mass is 9.85. The number of primary amides is 1. The van der Waals surface area contributed by atoms with Gasteiger partial charge in [-0.3, -0.25) is 9.59 Å². The number of hydrogen-bond donors (Lipinski definition) is 5. The van der Waals surface area contributed by atoms with Crippen molar-refractivity contribution >= 4 is 51.3 Å². The van der Waals surface area contributed by atoms with Crippen molar-refractivity contribution < 1.29 is 49.1 Å². The Balaban J connectivity index is 2.58. The highest BCUT2D eigenvalue weighted by molar-refractivity contribution is 9.11. The first-order valence-electron chi connectivity index (χ1n) is 15.0. The molecule has 0 saturated heterocycles. The van der Waals surface area contributed by atoms with E-state index in [1.54, 1.807) is 43.4 Å². The Bertz CT molecular complexity index is 1210. The minimum Gasteiger partial charge on any atom is -0.481 e. The molecule has 46 heavy (non-hydrogen) atoms. The minimum absolute atomic E-state index is 0.0777. The van der Waals surface area contributed by atoms with E-state index in [1.165, 1.54) is 18.2 Å². The molecule has 0 radical (unpaired) electrons. The van der Waals surface area contributed by atoms with Crippen molar-refractivity contribution in [2.75, 3.05) is 0 Å². The standard InChI is InChI=1S/C33H45BrClNO10/c1-4-5-13-28(46-33(36)44)31(35)27(40)19-23(37)18-26(39)21(3)24(34)12-8-6-10-20(2)11-7-9-14-30(41)45-29-17-22(32(42)43)15-16-25(29)38/h5-14,21-22,25-29,31,38-40H,4,15-19H2,1-3H3,(H2,36,44)(H,42,43)/b8-6+,11-7+,13-5+,14-9+,20-10+,24-12-/t21-,22+,25+,26+,27-,28-,29-,31+/m1/s1. The quantitative estimate of drug-likeness (QED) is 0.0431. The number of carbonyl (C=O) groups excluding carboxylic acids is 3. The first-order chi connectivity index (χ1) is 21.7. The average Bonchev–Trinajstić information content (AvgIpc) is 2.99. The van der Waals surface area contributed by atoms with Crippen LogP contribution < -0.4 is 5.73 Å². The minimum atomic E-state index is -1.33. The summed E-state index contributed by atoms with van der Waals surface area (Å²) >= 11 is 9.66. The lowest BCUT2D eigenvalue weighted by molar-refractivity contribution is -0.159. The van der Waals surface area contributed by atoms with Crippen molar-refractivity contribution in [1.82, 2.24) is 0 Å². The van der Waals surface area contributed by atoms with Crippen molar-refractivity contribution in [2.24, 2.45) is 17.6 Å². The topological polar surface area (TPSA) is 194 Å². The highest BCUT2D eigenvalue weighted by Gasteiger charge is 2.35. The Kier molecular flexibility index (Phi) is 19.3. The zero-order valence-corrected chi connectivity index (χ0v) is 28.5. The fourth-order valence-corrected chi connectivity index (χ4v) is 5.10. The molecule has 1 fully saturated rings. The number of aliphatic hydroxyl groups excluding tert-OH is 3. The van der Waals surface area contributed by atoms with Crippen molar-refractivity contribution in [2.45, 2.75) is 95.2 Å². The van der Waals surface area contributed by atoms with E-state index in [0.29, 0.717) is 17.3 Å². The molecule has 6 N–H and O–H groups in total. The maximum absolute atomic E-state index is 12.5. The fraction of sp³-hybridized carbons (Fsp3) is 0.515. The Labute approximate surface area is 283 Å². The second-order valence-corrected chi connectivity index (χ2v) is 12.4. The largest absolute Gasteiger partial charge is 0.481 e. The Morgan fingerprint density at radius 2 is 1.65 bits per heavy atom. The summed E-state index contributed by atoms with van der Waals surface area (Å²) in [5, 5.41) is 39.0. The van der Waals surface area contributed by atoms with E-state index < -0.39 is 71.5 Å². The highest BCUT2D eigenvalue weighted by atomic mass is 79.9. The predicted octanol–water partition coefficient (Wildman–Crippen LogP) is 4.78. The van der Waals surface area contributed by atoms with Crippen LogP contribution >= 0.6 is 27.5 Å². The molecule has 1 rings (SSSR count). The third-order valence-corrected chi connectivity index (χ3v) is 8.71. The van der Waals surface area contributed by atoms with Gasteiger partial charge in [-0.05, 0) is 32.3 Å². The molecule has 11 nitrogen and oxygen atoms in total. The van der Waals surface area contributed by atoms with Crippen LogP contribution in [0.25, 0.3) is 0 Å². The first kappa shape index (κ1) is 41.0. The predicted molar refractivity (Wildman–Crippen MR) is 178 cm³/mol. The number of ketones is 1. The van der Waals surface area contributed by atoms with Gasteiger partial charge in [0, 0.05) is 35.7 Å². The Morgan fingerprint density at radius 3 is 2.28 bits per heavy atom. The van der Waals surface area contributed by atoms with Gasteiger partial charge < -0.3 is 35.6 Å². The van der Waals surface area contributed by atoms with Crippen LogP contribution in [0.5, 0.6) is 0 Å². The van der Waals surface area contributed by atoms with Crippen LogP contribution in [-0.4, -0.2) is 80.1 Å². The van der Waals surface area contributed by atoms with Crippen LogP contribution in [0.15, 0.2) is 70.8 Å². The maximum atomic E-state index is 12.5. The van der Waals surface area contributed by atoms with E-state index >= 15 is 0 Å². The van der Waals surface area contributed by atoms with Gasteiger partial charge in [0.25, 0.3) is 0 Å². The van der Waals surface area contributed by atoms with E-state index in [1.807, 2.05) is 19.9 Å². The number of carbonyl (C=O) groups is 4. The number of carboxylic acid groups (broad SMARTS) is 1. The molecule has 1 saturated carbocycles. The van der Waals surface area contributed by atoms with Crippen LogP contribution in [0.3, 0.4) is 0 Å². The van der Waals surface area contributed by atoms with Gasteiger partial charge in [0.15, 0.2) is 0 Å². The first-order valence-corrected chi connectivity index (χ1v) is 16.2. The number of aliphatic carboxylic acids is 1. The van der Waals surface area contributed by atoms with Gasteiger partial charge in [0.2, 0.25) is 0 Å². The molecule has 1 amide bonds. The number of allylic oxidation sites excluding steroid dienone is 9. The molecule has 0 spiro atoms. The van der Waals surface area contributed by atoms with Gasteiger partial charge in [-0.15, -0.1) is 11.6 Å². The van der Waals surface area contributed by atoms with Crippen LogP contribution in [0.2, 0.25) is 0 Å². The molecule has 8 atom stereocenters. The van der Waals surface area contributed by atoms with Crippen molar-refractivity contribution in [3.8, 4) is 0 Å². The SMILES string of the molecule is CC/C=C/[C@@H](OC(N)=O)[C@@H](Cl)[C@H](O)CC(=O)C[C@H](O)[C@H](C)/C(Br)=C/C=C/C=C(C)/C=C/C=C/C(=O)O[C@@H]1C[C@@H](C(=O)O)CC[C@@H]1O. The van der Waals surface area contributed by atoms with Gasteiger partial charge in [0.05, 0.1) is 24.2 Å². The summed E-state index contributed by atoms with van der Waals surface area (Å²) in [4.78, 5) is 46.9. The molecule has 0 unspecified atom stereocenters. The van der Waals surface area contributed by atoms with E-state index in [0.717, 1.165) is 5.57 Å². The molecule has 0 aromatic heterocycles. The molecule has 0 aliphatic heterocycles. The Morgan fingerprint density at radius 1 is 1.02 bits per heavy atom. The third kappa shape index (κ3) is 16.0. The number of amides is 1. The van der Waals surface area contributed by atoms with Crippen LogP contribution in [0.4, 0.5) is 4.79 Å². The molecule has 0 aromatic rings. The smallest absolute Gasteiger partial charge is 0.405 e. The third-order valence-electron chi connectivity index (χ3n) is 7.18. The number of alkyl halides is 1. The molecular formula is C33H45BrClNO10. The summed E-state index contributed by atoms with van der Waals surface area (Å²) in [5.41, 5.74) is 5.93. The molecule has 1 aliphatic rings. The average molecular weight is 731 g/mol. The summed E-state index contributed by atoms with van der Waals surface area (Å²) in [7, 11) is 0. The lowest BCUT2D eigenvalue weighted by Crippen LogP contribution is -2.39. The van der Waals surface area contributed by atoms with E-state index in [2.05, 4.69) is 15.9 Å². The van der Waals surface area contributed by atoms with Gasteiger partial charge in [-0.25, -0.2) is 9.59 Å². The number of esters is 1. The summed E-state index contributed by atoms with van der Waals surface area (Å²) in [6.45, 7) is 5.44. The molecular weight excluding hydrogens is 686 g/mol. The van der Waals surface area contributed by atoms with Crippen molar-refractivity contribution in [3.63, 3.8) is 0 Å². The number of hydrogen-bond acceptors (Lipinski definition) is 9. The maximum Gasteiger partial charge on any atom is 0.405 e. The van der Waals surface area contributed by atoms with Crippen LogP contribution in [0.1, 0.15) is 59.3 Å². The molecule has 13 heteroatoms. The number of ether oxygens (including phenoxy) is 2. The van der Waals surface area contributed by atoms with E-state index in [-0.39, 0.29) is 25.7 Å². The summed E-state index contributed by atoms with van der Waals surface area (Å²) in [5.74, 6) is -3.14. The second-order valence-electron chi connectivity index (χ2n) is 11.0. The second kappa shape index (κ2) is 21.7. The van der Waals surface area contributed by atoms with Crippen molar-refractivity contribution in [3.05, 3.63) is 70.8 Å². The van der Waals surface area contributed by atoms with E-state index in [9.17, 15) is 34.5 Å². The molecule has 256 valence electrons. The normalized spacial score (nSPS) is 23.0. The Hall–Kier alpha value is -3.03. The number of Topliss-reactive ketones (excluding diaryl/α,β-unsaturated/α-hetero) is 1. The fourth-order valence-electron chi connectivity index (χ4n) is 4.41. The summed E-state index contributed by atoms with van der Waals surface area (Å²) < 4.78 is 10.8. The molecule has 0 heterocycles. The summed E-state index contributed by atoms with van der Waals surface area (Å²) in [6.07, 6.45) is 10.9. The van der Waals surface area contributed by atoms with Crippen LogP contribution in [0, 0.1) is 11.8 Å². The van der Waals surface area contributed by atoms with Crippen LogP contribution in [-0.2, 0) is 23.9 Å². The van der Waals surface area contributed by atoms with Gasteiger partial charge in [0.1, 0.15) is 23.4 Å². The molecule has 0 bridgehead atoms. The monoisotopic (exact) mass is 729 g/mol. The highest BCUT2D eigenvalue weighted by Crippen LogP contribution is 2.27. The number of aliphatic hydroxyl groups is 3. The summed E-state index contributed by atoms with van der Waals surface area (Å²) in [6, 6.07) is 0. The number of rotatable bonds is 18. The van der Waals surface area contributed by atoms with Gasteiger partial charge in [-0.1, -0.05) is 84.0 Å². The number of halogens is 2. The van der Waals surface area contributed by atoms with Gasteiger partial charge >= 0.3 is 18.0 Å². The zero-order chi connectivity index (χ0) is 34.8. The van der Waals surface area contributed by atoms with E-state index in [4.69, 9.17) is 31.9 Å². The molecule has 0 aromatic carbocycles. The number of nitrogens with two attached hydrogens (primary N) is 1. The number of carboxylic acids is 1. The van der Waals surface area contributed by atoms with Gasteiger partial charge in [-0.2, -0.15) is 0 Å².